The molecule has 0 saturated heterocycles. The van der Waals surface area contributed by atoms with Crippen LogP contribution in [0.25, 0.3) is 0 Å². The fraction of sp³-hybridized carbons (Fsp3) is 0.692. The van der Waals surface area contributed by atoms with E-state index in [-0.39, 0.29) is 12.8 Å². The third kappa shape index (κ3) is 8.90. The highest BCUT2D eigenvalue weighted by Gasteiger charge is 2.24. The number of carbonyl (C=O) groups is 4. The summed E-state index contributed by atoms with van der Waals surface area (Å²) in [6.45, 7) is 1.73. The van der Waals surface area contributed by atoms with Crippen molar-refractivity contribution in [3.63, 3.8) is 0 Å². The zero-order chi connectivity index (χ0) is 17.1. The summed E-state index contributed by atoms with van der Waals surface area (Å²) in [6.07, 6.45) is 1.69. The first-order valence-electron chi connectivity index (χ1n) is 7.13. The number of rotatable bonds is 11. The molecule has 0 aromatic heterocycles. The van der Waals surface area contributed by atoms with E-state index in [0.717, 1.165) is 0 Å². The highest BCUT2D eigenvalue weighted by molar-refractivity contribution is 5.91. The van der Waals surface area contributed by atoms with Crippen LogP contribution < -0.4 is 27.8 Å². The fourth-order valence-electron chi connectivity index (χ4n) is 1.85. The second-order valence-electron chi connectivity index (χ2n) is 5.01. The lowest BCUT2D eigenvalue weighted by molar-refractivity contribution is -0.131. The van der Waals surface area contributed by atoms with E-state index in [1.807, 2.05) is 0 Å². The molecule has 0 aromatic carbocycles. The third-order valence-electron chi connectivity index (χ3n) is 2.98. The van der Waals surface area contributed by atoms with Gasteiger partial charge in [0.15, 0.2) is 0 Å². The summed E-state index contributed by atoms with van der Waals surface area (Å²) in [4.78, 5) is 45.4. The Bertz CT molecular complexity index is 413. The molecular weight excluding hydrogens is 290 g/mol. The lowest BCUT2D eigenvalue weighted by Gasteiger charge is -2.21. The summed E-state index contributed by atoms with van der Waals surface area (Å²) in [5.74, 6) is -2.25. The lowest BCUT2D eigenvalue weighted by Crippen LogP contribution is -2.52. The highest BCUT2D eigenvalue weighted by Crippen LogP contribution is 2.03. The van der Waals surface area contributed by atoms with Gasteiger partial charge >= 0.3 is 0 Å². The van der Waals surface area contributed by atoms with Gasteiger partial charge in [0.2, 0.25) is 23.6 Å². The van der Waals surface area contributed by atoms with E-state index in [2.05, 4.69) is 10.6 Å². The van der Waals surface area contributed by atoms with Gasteiger partial charge in [0.25, 0.3) is 0 Å². The Labute approximate surface area is 129 Å². The molecule has 4 amide bonds. The van der Waals surface area contributed by atoms with Gasteiger partial charge in [-0.05, 0) is 32.2 Å². The van der Waals surface area contributed by atoms with Crippen LogP contribution in [0, 0.1) is 0 Å². The number of nitrogens with one attached hydrogen (secondary N) is 2. The topological polar surface area (TPSA) is 170 Å². The van der Waals surface area contributed by atoms with Crippen molar-refractivity contribution in [3.05, 3.63) is 0 Å². The fourth-order valence-corrected chi connectivity index (χ4v) is 1.85. The first kappa shape index (κ1) is 19.8. The van der Waals surface area contributed by atoms with Crippen molar-refractivity contribution in [2.45, 2.75) is 51.1 Å². The van der Waals surface area contributed by atoms with Crippen LogP contribution in [0.5, 0.6) is 0 Å². The molecule has 0 aliphatic rings. The maximum absolute atomic E-state index is 12.1. The molecule has 0 aliphatic carbocycles. The van der Waals surface area contributed by atoms with E-state index >= 15 is 0 Å². The molecule has 0 fully saturated rings. The van der Waals surface area contributed by atoms with E-state index in [1.165, 1.54) is 6.92 Å². The van der Waals surface area contributed by atoms with Crippen molar-refractivity contribution in [1.29, 1.82) is 0 Å². The third-order valence-corrected chi connectivity index (χ3v) is 2.98. The molecule has 0 saturated carbocycles. The Morgan fingerprint density at radius 1 is 0.955 bits per heavy atom. The molecule has 0 bridgehead atoms. The van der Waals surface area contributed by atoms with Crippen LogP contribution in [-0.4, -0.2) is 42.3 Å². The number of hydrogen-bond acceptors (Lipinski definition) is 5. The number of amides is 4. The maximum Gasteiger partial charge on any atom is 0.243 e. The Morgan fingerprint density at radius 3 is 2.05 bits per heavy atom. The molecule has 0 aromatic rings. The smallest absolute Gasteiger partial charge is 0.243 e. The normalized spacial score (nSPS) is 13.0. The molecule has 0 heterocycles. The molecule has 2 atom stereocenters. The predicted octanol–water partition coefficient (Wildman–Crippen LogP) is -2.14. The molecular formula is C13H25N5O4. The standard InChI is InChI=1S/C13H25N5O4/c1-8(19)17-10(5-6-11(15)20)13(22)18-9(12(16)21)4-2-3-7-14/h9-10H,2-7,14H2,1H3,(H2,15,20)(H2,16,21)(H,17,19)(H,18,22)/t9-,10-/m0/s1. The summed E-state index contributed by atoms with van der Waals surface area (Å²) >= 11 is 0. The van der Waals surface area contributed by atoms with Crippen LogP contribution in [0.4, 0.5) is 0 Å². The van der Waals surface area contributed by atoms with Crippen molar-refractivity contribution in [2.24, 2.45) is 17.2 Å². The number of nitrogens with two attached hydrogens (primary N) is 3. The summed E-state index contributed by atoms with van der Waals surface area (Å²) in [7, 11) is 0. The Morgan fingerprint density at radius 2 is 1.59 bits per heavy atom. The van der Waals surface area contributed by atoms with E-state index < -0.39 is 35.7 Å². The number of unbranched alkanes of at least 4 members (excludes halogenated alkanes) is 1. The van der Waals surface area contributed by atoms with Gasteiger partial charge in [0, 0.05) is 13.3 Å². The van der Waals surface area contributed by atoms with Gasteiger partial charge < -0.3 is 27.8 Å². The van der Waals surface area contributed by atoms with Gasteiger partial charge in [0.05, 0.1) is 0 Å². The van der Waals surface area contributed by atoms with Crippen LogP contribution in [0.15, 0.2) is 0 Å². The first-order chi connectivity index (χ1) is 10.3. The summed E-state index contributed by atoms with van der Waals surface area (Å²) in [6, 6.07) is -1.79. The maximum atomic E-state index is 12.1. The molecule has 0 aliphatic heterocycles. The van der Waals surface area contributed by atoms with E-state index in [9.17, 15) is 19.2 Å². The quantitative estimate of drug-likeness (QED) is 0.273. The van der Waals surface area contributed by atoms with Gasteiger partial charge in [-0.25, -0.2) is 0 Å². The summed E-state index contributed by atoms with van der Waals surface area (Å²) < 4.78 is 0. The average molecular weight is 315 g/mol. The minimum absolute atomic E-state index is 0.0506. The molecule has 9 nitrogen and oxygen atoms in total. The Hall–Kier alpha value is -2.16. The van der Waals surface area contributed by atoms with E-state index in [1.54, 1.807) is 0 Å². The summed E-state index contributed by atoms with van der Waals surface area (Å²) in [5.41, 5.74) is 15.6. The van der Waals surface area contributed by atoms with Crippen molar-refractivity contribution < 1.29 is 19.2 Å². The average Bonchev–Trinajstić information content (AvgIpc) is 2.41. The van der Waals surface area contributed by atoms with Crippen molar-refractivity contribution >= 4 is 23.6 Å². The van der Waals surface area contributed by atoms with Crippen molar-refractivity contribution in [2.75, 3.05) is 6.54 Å². The van der Waals surface area contributed by atoms with Crippen LogP contribution >= 0.6 is 0 Å². The first-order valence-corrected chi connectivity index (χ1v) is 7.13. The molecule has 22 heavy (non-hydrogen) atoms. The number of primary amides is 2. The molecule has 0 spiro atoms. The molecule has 8 N–H and O–H groups in total. The van der Waals surface area contributed by atoms with Gasteiger partial charge in [-0.3, -0.25) is 19.2 Å². The van der Waals surface area contributed by atoms with Crippen molar-refractivity contribution in [3.8, 4) is 0 Å². The highest BCUT2D eigenvalue weighted by atomic mass is 16.2. The van der Waals surface area contributed by atoms with Gasteiger partial charge in [0.1, 0.15) is 12.1 Å². The number of carbonyl (C=O) groups excluding carboxylic acids is 4. The number of hydrogen-bond donors (Lipinski definition) is 5. The monoisotopic (exact) mass is 315 g/mol. The van der Waals surface area contributed by atoms with E-state index in [4.69, 9.17) is 17.2 Å². The second kappa shape index (κ2) is 10.6. The minimum atomic E-state index is -0.943. The van der Waals surface area contributed by atoms with E-state index in [0.29, 0.717) is 25.8 Å². The van der Waals surface area contributed by atoms with Crippen LogP contribution in [0.3, 0.4) is 0 Å². The van der Waals surface area contributed by atoms with Gasteiger partial charge in [-0.15, -0.1) is 0 Å². The second-order valence-corrected chi connectivity index (χ2v) is 5.01. The SMILES string of the molecule is CC(=O)N[C@@H](CCC(N)=O)C(=O)N[C@@H](CCCCN)C(N)=O. The van der Waals surface area contributed by atoms with Gasteiger partial charge in [-0.2, -0.15) is 0 Å². The molecule has 0 radical (unpaired) electrons. The largest absolute Gasteiger partial charge is 0.370 e. The lowest BCUT2D eigenvalue weighted by atomic mass is 10.1. The zero-order valence-corrected chi connectivity index (χ0v) is 12.8. The summed E-state index contributed by atoms with van der Waals surface area (Å²) in [5, 5.41) is 4.90. The minimum Gasteiger partial charge on any atom is -0.370 e. The zero-order valence-electron chi connectivity index (χ0n) is 12.8. The Kier molecular flexibility index (Phi) is 9.51. The molecule has 126 valence electrons. The molecule has 9 heteroatoms. The Balaban J connectivity index is 4.68. The van der Waals surface area contributed by atoms with Crippen LogP contribution in [0.1, 0.15) is 39.0 Å². The molecule has 0 rings (SSSR count). The van der Waals surface area contributed by atoms with Gasteiger partial charge in [-0.1, -0.05) is 0 Å². The predicted molar refractivity (Wildman–Crippen MR) is 80.1 cm³/mol. The van der Waals surface area contributed by atoms with Crippen molar-refractivity contribution in [1.82, 2.24) is 10.6 Å². The van der Waals surface area contributed by atoms with Crippen LogP contribution in [-0.2, 0) is 19.2 Å². The molecule has 0 unspecified atom stereocenters. The van der Waals surface area contributed by atoms with Crippen LogP contribution in [0.2, 0.25) is 0 Å².